The Balaban J connectivity index is 4.31. The third-order valence-electron chi connectivity index (χ3n) is 2.61. The van der Waals surface area contributed by atoms with E-state index in [2.05, 4.69) is 5.32 Å². The number of halogens is 3. The highest BCUT2D eigenvalue weighted by molar-refractivity contribution is 5.75. The van der Waals surface area contributed by atoms with Gasteiger partial charge in [0.2, 0.25) is 0 Å². The van der Waals surface area contributed by atoms with Crippen LogP contribution in [-0.4, -0.2) is 55.9 Å². The summed E-state index contributed by atoms with van der Waals surface area (Å²) >= 11 is 0. The number of ether oxygens (including phenoxy) is 1. The van der Waals surface area contributed by atoms with E-state index in [-0.39, 0.29) is 13.2 Å². The van der Waals surface area contributed by atoms with Gasteiger partial charge >= 0.3 is 12.1 Å². The maximum Gasteiger partial charge on any atom is 0.401 e. The van der Waals surface area contributed by atoms with E-state index in [1.54, 1.807) is 13.8 Å². The molecule has 4 nitrogen and oxygen atoms in total. The van der Waals surface area contributed by atoms with Gasteiger partial charge in [-0.1, -0.05) is 13.8 Å². The van der Waals surface area contributed by atoms with Crippen LogP contribution in [0.3, 0.4) is 0 Å². The molecule has 0 fully saturated rings. The second kappa shape index (κ2) is 9.14. The van der Waals surface area contributed by atoms with Gasteiger partial charge in [0.1, 0.15) is 6.04 Å². The van der Waals surface area contributed by atoms with E-state index >= 15 is 0 Å². The molecule has 1 unspecified atom stereocenters. The van der Waals surface area contributed by atoms with Crippen LogP contribution in [0.1, 0.15) is 27.2 Å². The molecule has 0 aromatic carbocycles. The fraction of sp³-hybridized carbons (Fsp3) is 0.917. The van der Waals surface area contributed by atoms with E-state index in [4.69, 9.17) is 4.74 Å². The highest BCUT2D eigenvalue weighted by atomic mass is 19.4. The SMILES string of the molecule is CCNC(CCN(CC)CC(F)(F)F)C(=O)OCC. The lowest BCUT2D eigenvalue weighted by atomic mass is 10.2. The van der Waals surface area contributed by atoms with Gasteiger partial charge in [0, 0.05) is 6.54 Å². The molecule has 0 saturated carbocycles. The number of carbonyl (C=O) groups excluding carboxylic acids is 1. The average Bonchev–Trinajstić information content (AvgIpc) is 2.31. The van der Waals surface area contributed by atoms with Crippen LogP contribution in [0.5, 0.6) is 0 Å². The molecule has 0 amide bonds. The van der Waals surface area contributed by atoms with Gasteiger partial charge in [-0.15, -0.1) is 0 Å². The smallest absolute Gasteiger partial charge is 0.401 e. The van der Waals surface area contributed by atoms with Gasteiger partial charge < -0.3 is 10.1 Å². The predicted molar refractivity (Wildman–Crippen MR) is 66.9 cm³/mol. The highest BCUT2D eigenvalue weighted by Gasteiger charge is 2.30. The van der Waals surface area contributed by atoms with Crippen molar-refractivity contribution >= 4 is 5.97 Å². The number of likely N-dealkylation sites (N-methyl/N-ethyl adjacent to an activating group) is 1. The number of esters is 1. The van der Waals surface area contributed by atoms with Gasteiger partial charge in [-0.2, -0.15) is 13.2 Å². The maximum absolute atomic E-state index is 12.3. The minimum absolute atomic E-state index is 0.201. The van der Waals surface area contributed by atoms with E-state index in [1.807, 2.05) is 6.92 Å². The molecule has 0 aromatic rings. The second-order valence-corrected chi connectivity index (χ2v) is 4.13. The zero-order chi connectivity index (χ0) is 14.9. The van der Waals surface area contributed by atoms with Crippen molar-refractivity contribution in [3.8, 4) is 0 Å². The molecule has 114 valence electrons. The Morgan fingerprint density at radius 3 is 2.37 bits per heavy atom. The Bertz CT molecular complexity index is 260. The van der Waals surface area contributed by atoms with E-state index in [9.17, 15) is 18.0 Å². The predicted octanol–water partition coefficient (Wildman–Crippen LogP) is 1.80. The second-order valence-electron chi connectivity index (χ2n) is 4.13. The van der Waals surface area contributed by atoms with Gasteiger partial charge in [-0.25, -0.2) is 0 Å². The largest absolute Gasteiger partial charge is 0.465 e. The van der Waals surface area contributed by atoms with Crippen molar-refractivity contribution in [2.24, 2.45) is 0 Å². The third kappa shape index (κ3) is 8.83. The minimum Gasteiger partial charge on any atom is -0.465 e. The van der Waals surface area contributed by atoms with Crippen molar-refractivity contribution in [1.82, 2.24) is 10.2 Å². The molecule has 0 aliphatic carbocycles. The number of nitrogens with zero attached hydrogens (tertiary/aromatic N) is 1. The standard InChI is InChI=1S/C12H23F3N2O2/c1-4-16-10(11(18)19-6-3)7-8-17(5-2)9-12(13,14)15/h10,16H,4-9H2,1-3H3. The summed E-state index contributed by atoms with van der Waals surface area (Å²) in [5.74, 6) is -0.410. The Labute approximate surface area is 112 Å². The molecular weight excluding hydrogens is 261 g/mol. The Kier molecular flexibility index (Phi) is 8.75. The summed E-state index contributed by atoms with van der Waals surface area (Å²) in [4.78, 5) is 12.9. The third-order valence-corrected chi connectivity index (χ3v) is 2.61. The van der Waals surface area contributed by atoms with Crippen LogP contribution in [-0.2, 0) is 9.53 Å². The molecule has 0 radical (unpaired) electrons. The van der Waals surface area contributed by atoms with Gasteiger partial charge in [-0.05, 0) is 26.4 Å². The Hall–Kier alpha value is -0.820. The Morgan fingerprint density at radius 2 is 1.95 bits per heavy atom. The fourth-order valence-electron chi connectivity index (χ4n) is 1.71. The molecule has 0 spiro atoms. The molecule has 7 heteroatoms. The van der Waals surface area contributed by atoms with Crippen molar-refractivity contribution in [2.45, 2.75) is 39.4 Å². The summed E-state index contributed by atoms with van der Waals surface area (Å²) in [5.41, 5.74) is 0. The van der Waals surface area contributed by atoms with Crippen LogP contribution in [0.15, 0.2) is 0 Å². The minimum atomic E-state index is -4.21. The zero-order valence-electron chi connectivity index (χ0n) is 11.7. The lowest BCUT2D eigenvalue weighted by Gasteiger charge is -2.24. The topological polar surface area (TPSA) is 41.6 Å². The van der Waals surface area contributed by atoms with Crippen LogP contribution < -0.4 is 5.32 Å². The summed E-state index contributed by atoms with van der Waals surface area (Å²) in [6.45, 7) is 5.56. The number of hydrogen-bond acceptors (Lipinski definition) is 4. The van der Waals surface area contributed by atoms with Crippen molar-refractivity contribution < 1.29 is 22.7 Å². The van der Waals surface area contributed by atoms with E-state index in [0.717, 1.165) is 0 Å². The van der Waals surface area contributed by atoms with Gasteiger partial charge in [-0.3, -0.25) is 9.69 Å². The van der Waals surface area contributed by atoms with Crippen molar-refractivity contribution in [1.29, 1.82) is 0 Å². The van der Waals surface area contributed by atoms with Gasteiger partial charge in [0.05, 0.1) is 13.2 Å². The molecule has 0 heterocycles. The zero-order valence-corrected chi connectivity index (χ0v) is 11.7. The molecule has 1 N–H and O–H groups in total. The van der Waals surface area contributed by atoms with Crippen LogP contribution in [0.25, 0.3) is 0 Å². The number of hydrogen-bond donors (Lipinski definition) is 1. The molecule has 0 aliphatic rings. The summed E-state index contributed by atoms with van der Waals surface area (Å²) in [6, 6.07) is -0.549. The molecule has 0 aliphatic heterocycles. The van der Waals surface area contributed by atoms with Gasteiger partial charge in [0.15, 0.2) is 0 Å². The summed E-state index contributed by atoms with van der Waals surface area (Å²) in [7, 11) is 0. The van der Waals surface area contributed by atoms with Crippen LogP contribution >= 0.6 is 0 Å². The van der Waals surface area contributed by atoms with E-state index < -0.39 is 24.7 Å². The fourth-order valence-corrected chi connectivity index (χ4v) is 1.71. The summed E-state index contributed by atoms with van der Waals surface area (Å²) < 4.78 is 41.8. The van der Waals surface area contributed by atoms with Crippen LogP contribution in [0, 0.1) is 0 Å². The quantitative estimate of drug-likeness (QED) is 0.656. The van der Waals surface area contributed by atoms with Crippen LogP contribution in [0.2, 0.25) is 0 Å². The molecule has 0 saturated heterocycles. The summed E-state index contributed by atoms with van der Waals surface area (Å²) in [6.07, 6.45) is -3.91. The molecule has 1 atom stereocenters. The maximum atomic E-state index is 12.3. The normalized spacial score (nSPS) is 13.6. The first-order valence-electron chi connectivity index (χ1n) is 6.53. The average molecular weight is 284 g/mol. The van der Waals surface area contributed by atoms with Crippen molar-refractivity contribution in [3.05, 3.63) is 0 Å². The first-order valence-corrected chi connectivity index (χ1v) is 6.53. The number of carbonyl (C=O) groups is 1. The molecule has 0 aromatic heterocycles. The van der Waals surface area contributed by atoms with Crippen molar-refractivity contribution in [3.63, 3.8) is 0 Å². The Morgan fingerprint density at radius 1 is 1.32 bits per heavy atom. The molecule has 19 heavy (non-hydrogen) atoms. The van der Waals surface area contributed by atoms with E-state index in [1.165, 1.54) is 4.90 Å². The first kappa shape index (κ1) is 18.2. The summed E-state index contributed by atoms with van der Waals surface area (Å²) in [5, 5.41) is 2.93. The number of nitrogens with one attached hydrogen (secondary N) is 1. The van der Waals surface area contributed by atoms with Crippen molar-refractivity contribution in [2.75, 3.05) is 32.8 Å². The molecule has 0 bridgehead atoms. The van der Waals surface area contributed by atoms with Gasteiger partial charge in [0.25, 0.3) is 0 Å². The number of alkyl halides is 3. The lowest BCUT2D eigenvalue weighted by Crippen LogP contribution is -2.42. The number of rotatable bonds is 9. The lowest BCUT2D eigenvalue weighted by molar-refractivity contribution is -0.148. The molecular formula is C12H23F3N2O2. The van der Waals surface area contributed by atoms with E-state index in [0.29, 0.717) is 19.5 Å². The highest BCUT2D eigenvalue weighted by Crippen LogP contribution is 2.16. The molecule has 0 rings (SSSR count). The first-order chi connectivity index (χ1) is 8.84. The van der Waals surface area contributed by atoms with Crippen LogP contribution in [0.4, 0.5) is 13.2 Å². The monoisotopic (exact) mass is 284 g/mol.